The van der Waals surface area contributed by atoms with Gasteiger partial charge in [0.05, 0.1) is 25.5 Å². The number of carbonyl (C=O) groups excluding carboxylic acids is 1. The van der Waals surface area contributed by atoms with E-state index in [1.54, 1.807) is 6.20 Å². The number of morpholine rings is 1. The Kier molecular flexibility index (Phi) is 4.45. The van der Waals surface area contributed by atoms with Gasteiger partial charge in [0, 0.05) is 12.0 Å². The van der Waals surface area contributed by atoms with E-state index < -0.39 is 0 Å². The smallest absolute Gasteiger partial charge is 0.240 e. The van der Waals surface area contributed by atoms with Crippen molar-refractivity contribution in [3.05, 3.63) is 17.8 Å². The zero-order valence-corrected chi connectivity index (χ0v) is 12.5. The van der Waals surface area contributed by atoms with Gasteiger partial charge in [0.15, 0.2) is 0 Å². The van der Waals surface area contributed by atoms with E-state index in [1.807, 2.05) is 6.92 Å². The molecule has 2 rings (SSSR count). The second kappa shape index (κ2) is 5.93. The van der Waals surface area contributed by atoms with E-state index in [2.05, 4.69) is 36.4 Å². The third kappa shape index (κ3) is 3.58. The lowest BCUT2D eigenvalue weighted by Crippen LogP contribution is -2.55. The molecule has 1 saturated heterocycles. The maximum atomic E-state index is 12.1. The molecule has 112 valence electrons. The Morgan fingerprint density at radius 3 is 2.90 bits per heavy atom. The number of carbonyl (C=O) groups is 1. The molecule has 0 radical (unpaired) electrons. The summed E-state index contributed by atoms with van der Waals surface area (Å²) in [7, 11) is 0. The molecule has 1 amide bonds. The van der Waals surface area contributed by atoms with Crippen molar-refractivity contribution in [2.75, 3.05) is 13.2 Å². The molecule has 0 spiro atoms. The number of hydrogen-bond donors (Lipinski definition) is 2. The molecular weight excluding hydrogens is 258 g/mol. The second-order valence-corrected chi connectivity index (χ2v) is 6.09. The van der Waals surface area contributed by atoms with Crippen LogP contribution in [-0.4, -0.2) is 36.2 Å². The summed E-state index contributed by atoms with van der Waals surface area (Å²) >= 11 is 0. The first kappa shape index (κ1) is 15.0. The van der Waals surface area contributed by atoms with Crippen LogP contribution in [0.4, 0.5) is 0 Å². The van der Waals surface area contributed by atoms with Gasteiger partial charge in [0.2, 0.25) is 11.8 Å². The van der Waals surface area contributed by atoms with Gasteiger partial charge in [0.1, 0.15) is 11.8 Å². The van der Waals surface area contributed by atoms with Gasteiger partial charge >= 0.3 is 0 Å². The van der Waals surface area contributed by atoms with Gasteiger partial charge in [-0.2, -0.15) is 0 Å². The lowest BCUT2D eigenvalue weighted by molar-refractivity contribution is -0.129. The summed E-state index contributed by atoms with van der Waals surface area (Å²) in [5.74, 6) is 1.25. The Bertz CT molecular complexity index is 464. The molecule has 1 aliphatic heterocycles. The van der Waals surface area contributed by atoms with Crippen molar-refractivity contribution in [3.63, 3.8) is 0 Å². The molecule has 0 aromatic carbocycles. The van der Waals surface area contributed by atoms with Crippen LogP contribution in [0, 0.1) is 0 Å². The third-order valence-electron chi connectivity index (χ3n) is 3.31. The third-order valence-corrected chi connectivity index (χ3v) is 3.31. The number of oxazole rings is 1. The van der Waals surface area contributed by atoms with Gasteiger partial charge in [-0.25, -0.2) is 4.98 Å². The van der Waals surface area contributed by atoms with Crippen LogP contribution in [0.25, 0.3) is 0 Å². The van der Waals surface area contributed by atoms with E-state index in [1.165, 1.54) is 0 Å². The number of hydrogen-bond acceptors (Lipinski definition) is 5. The van der Waals surface area contributed by atoms with Crippen molar-refractivity contribution in [2.24, 2.45) is 0 Å². The average molecular weight is 281 g/mol. The quantitative estimate of drug-likeness (QED) is 0.863. The van der Waals surface area contributed by atoms with Gasteiger partial charge < -0.3 is 19.8 Å². The Balaban J connectivity index is 1.88. The molecule has 0 saturated carbocycles. The second-order valence-electron chi connectivity index (χ2n) is 6.09. The normalized spacial score (nSPS) is 23.6. The SMILES string of the molecule is C[C@H]1OCCN[C@@H]1C(=O)NCc1ncc(C(C)(C)C)o1. The van der Waals surface area contributed by atoms with Crippen molar-refractivity contribution in [1.82, 2.24) is 15.6 Å². The Morgan fingerprint density at radius 2 is 2.30 bits per heavy atom. The molecule has 0 bridgehead atoms. The van der Waals surface area contributed by atoms with Crippen LogP contribution >= 0.6 is 0 Å². The summed E-state index contributed by atoms with van der Waals surface area (Å²) in [6, 6.07) is -0.319. The Hall–Kier alpha value is -1.40. The van der Waals surface area contributed by atoms with E-state index in [9.17, 15) is 4.79 Å². The summed E-state index contributed by atoms with van der Waals surface area (Å²) in [5.41, 5.74) is -0.0808. The van der Waals surface area contributed by atoms with E-state index in [-0.39, 0.29) is 23.5 Å². The lowest BCUT2D eigenvalue weighted by atomic mass is 9.94. The molecule has 1 aromatic heterocycles. The molecule has 6 heteroatoms. The minimum absolute atomic E-state index is 0.0808. The number of rotatable bonds is 3. The van der Waals surface area contributed by atoms with Crippen molar-refractivity contribution in [2.45, 2.75) is 51.8 Å². The summed E-state index contributed by atoms with van der Waals surface area (Å²) in [4.78, 5) is 16.2. The van der Waals surface area contributed by atoms with Crippen LogP contribution < -0.4 is 10.6 Å². The zero-order chi connectivity index (χ0) is 14.8. The first-order valence-corrected chi connectivity index (χ1v) is 6.96. The summed E-state index contributed by atoms with van der Waals surface area (Å²) in [5, 5.41) is 5.97. The van der Waals surface area contributed by atoms with Crippen molar-refractivity contribution in [3.8, 4) is 0 Å². The molecule has 0 aliphatic carbocycles. The number of aromatic nitrogens is 1. The van der Waals surface area contributed by atoms with Crippen molar-refractivity contribution in [1.29, 1.82) is 0 Å². The lowest BCUT2D eigenvalue weighted by Gasteiger charge is -2.29. The molecule has 1 aliphatic rings. The van der Waals surface area contributed by atoms with Crippen LogP contribution in [0.2, 0.25) is 0 Å². The number of nitrogens with zero attached hydrogens (tertiary/aromatic N) is 1. The Labute approximate surface area is 119 Å². The minimum Gasteiger partial charge on any atom is -0.443 e. The van der Waals surface area contributed by atoms with Crippen LogP contribution in [0.5, 0.6) is 0 Å². The van der Waals surface area contributed by atoms with E-state index in [0.29, 0.717) is 25.6 Å². The Morgan fingerprint density at radius 1 is 1.55 bits per heavy atom. The molecule has 20 heavy (non-hydrogen) atoms. The average Bonchev–Trinajstić information content (AvgIpc) is 2.85. The van der Waals surface area contributed by atoms with E-state index >= 15 is 0 Å². The van der Waals surface area contributed by atoms with Gasteiger partial charge in [-0.3, -0.25) is 4.79 Å². The molecular formula is C14H23N3O3. The molecule has 1 aromatic rings. The fourth-order valence-electron chi connectivity index (χ4n) is 2.04. The molecule has 2 N–H and O–H groups in total. The highest BCUT2D eigenvalue weighted by atomic mass is 16.5. The highest BCUT2D eigenvalue weighted by Gasteiger charge is 2.28. The monoisotopic (exact) mass is 281 g/mol. The predicted molar refractivity (Wildman–Crippen MR) is 74.3 cm³/mol. The number of nitrogens with one attached hydrogen (secondary N) is 2. The number of amides is 1. The van der Waals surface area contributed by atoms with Gasteiger partial charge in [0.25, 0.3) is 0 Å². The molecule has 1 fully saturated rings. The molecule has 0 unspecified atom stereocenters. The largest absolute Gasteiger partial charge is 0.443 e. The van der Waals surface area contributed by atoms with Gasteiger partial charge in [-0.05, 0) is 6.92 Å². The number of ether oxygens (including phenoxy) is 1. The van der Waals surface area contributed by atoms with Crippen LogP contribution in [0.3, 0.4) is 0 Å². The van der Waals surface area contributed by atoms with E-state index in [0.717, 1.165) is 5.76 Å². The van der Waals surface area contributed by atoms with Crippen LogP contribution in [0.1, 0.15) is 39.3 Å². The highest BCUT2D eigenvalue weighted by molar-refractivity contribution is 5.82. The highest BCUT2D eigenvalue weighted by Crippen LogP contribution is 2.22. The summed E-state index contributed by atoms with van der Waals surface area (Å²) in [6.45, 7) is 9.68. The fourth-order valence-corrected chi connectivity index (χ4v) is 2.04. The molecule has 6 nitrogen and oxygen atoms in total. The van der Waals surface area contributed by atoms with Crippen LogP contribution in [0.15, 0.2) is 10.6 Å². The summed E-state index contributed by atoms with van der Waals surface area (Å²) < 4.78 is 11.1. The van der Waals surface area contributed by atoms with Crippen molar-refractivity contribution < 1.29 is 13.9 Å². The summed E-state index contributed by atoms with van der Waals surface area (Å²) in [6.07, 6.45) is 1.59. The van der Waals surface area contributed by atoms with Crippen LogP contribution in [-0.2, 0) is 21.5 Å². The topological polar surface area (TPSA) is 76.4 Å². The van der Waals surface area contributed by atoms with Gasteiger partial charge in [-0.15, -0.1) is 0 Å². The first-order valence-electron chi connectivity index (χ1n) is 6.96. The fraction of sp³-hybridized carbons (Fsp3) is 0.714. The minimum atomic E-state index is -0.319. The maximum absolute atomic E-state index is 12.1. The first-order chi connectivity index (χ1) is 9.38. The predicted octanol–water partition coefficient (Wildman–Crippen LogP) is 0.965. The van der Waals surface area contributed by atoms with E-state index in [4.69, 9.17) is 9.15 Å². The van der Waals surface area contributed by atoms with Crippen molar-refractivity contribution >= 4 is 5.91 Å². The molecule has 2 atom stereocenters. The maximum Gasteiger partial charge on any atom is 0.240 e. The van der Waals surface area contributed by atoms with Gasteiger partial charge in [-0.1, -0.05) is 20.8 Å². The standard InChI is InChI=1S/C14H23N3O3/c1-9-12(15-5-6-19-9)13(18)17-8-11-16-7-10(20-11)14(2,3)4/h7,9,12,15H,5-6,8H2,1-4H3,(H,17,18)/t9-,12+/m1/s1. The molecule has 2 heterocycles. The zero-order valence-electron chi connectivity index (χ0n) is 12.5.